The second-order valence-corrected chi connectivity index (χ2v) is 5.87. The van der Waals surface area contributed by atoms with Crippen molar-refractivity contribution in [3.63, 3.8) is 0 Å². The average Bonchev–Trinajstić information content (AvgIpc) is 2.38. The van der Waals surface area contributed by atoms with Crippen LogP contribution in [-0.2, 0) is 0 Å². The highest BCUT2D eigenvalue weighted by Crippen LogP contribution is 2.41. The maximum atomic E-state index is 10.3. The molecule has 0 fully saturated rings. The summed E-state index contributed by atoms with van der Waals surface area (Å²) in [6, 6.07) is 14.0. The van der Waals surface area contributed by atoms with E-state index in [1.165, 1.54) is 5.56 Å². The number of hydrogen-bond donors (Lipinski definition) is 1. The van der Waals surface area contributed by atoms with Crippen LogP contribution in [0.3, 0.4) is 0 Å². The summed E-state index contributed by atoms with van der Waals surface area (Å²) in [4.78, 5) is 0. The highest BCUT2D eigenvalue weighted by molar-refractivity contribution is 9.10. The number of ether oxygens (including phenoxy) is 1. The molecule has 1 heterocycles. The highest BCUT2D eigenvalue weighted by atomic mass is 79.9. The summed E-state index contributed by atoms with van der Waals surface area (Å²) >= 11 is 3.44. The normalized spacial score (nSPS) is 21.6. The zero-order chi connectivity index (χ0) is 13.4. The zero-order valence-corrected chi connectivity index (χ0v) is 12.2. The van der Waals surface area contributed by atoms with Crippen molar-refractivity contribution in [2.45, 2.75) is 25.6 Å². The molecular weight excluding hydrogens is 304 g/mol. The lowest BCUT2D eigenvalue weighted by Gasteiger charge is -2.30. The molecule has 2 aromatic rings. The van der Waals surface area contributed by atoms with Gasteiger partial charge in [0.05, 0.1) is 6.10 Å². The summed E-state index contributed by atoms with van der Waals surface area (Å²) in [5.41, 5.74) is 3.19. The average molecular weight is 319 g/mol. The number of halogens is 1. The molecule has 1 aliphatic rings. The number of hydrogen-bond acceptors (Lipinski definition) is 2. The van der Waals surface area contributed by atoms with Crippen molar-refractivity contribution in [1.29, 1.82) is 0 Å². The molecule has 1 aliphatic heterocycles. The van der Waals surface area contributed by atoms with Crippen molar-refractivity contribution in [3.05, 3.63) is 63.6 Å². The van der Waals surface area contributed by atoms with Crippen molar-refractivity contribution < 1.29 is 9.84 Å². The van der Waals surface area contributed by atoms with Gasteiger partial charge in [-0.15, -0.1) is 0 Å². The lowest BCUT2D eigenvalue weighted by Crippen LogP contribution is -2.19. The van der Waals surface area contributed by atoms with Crippen molar-refractivity contribution in [1.82, 2.24) is 0 Å². The van der Waals surface area contributed by atoms with Crippen LogP contribution in [0.1, 0.15) is 35.3 Å². The quantitative estimate of drug-likeness (QED) is 0.848. The van der Waals surface area contributed by atoms with Gasteiger partial charge >= 0.3 is 0 Å². The molecule has 0 spiro atoms. The first-order valence-corrected chi connectivity index (χ1v) is 7.13. The van der Waals surface area contributed by atoms with Crippen LogP contribution in [-0.4, -0.2) is 5.11 Å². The number of rotatable bonds is 1. The molecule has 1 N–H and O–H groups in total. The van der Waals surface area contributed by atoms with E-state index in [2.05, 4.69) is 35.0 Å². The summed E-state index contributed by atoms with van der Waals surface area (Å²) in [6.45, 7) is 2.06. The van der Waals surface area contributed by atoms with E-state index >= 15 is 0 Å². The summed E-state index contributed by atoms with van der Waals surface area (Å²) in [5.74, 6) is 0.764. The first-order chi connectivity index (χ1) is 9.13. The summed E-state index contributed by atoms with van der Waals surface area (Å²) in [7, 11) is 0. The maximum Gasteiger partial charge on any atom is 0.127 e. The minimum absolute atomic E-state index is 0.0864. The molecule has 98 valence electrons. The van der Waals surface area contributed by atoms with Gasteiger partial charge in [0.25, 0.3) is 0 Å². The van der Waals surface area contributed by atoms with Gasteiger partial charge in [0, 0.05) is 16.5 Å². The summed E-state index contributed by atoms with van der Waals surface area (Å²) in [5, 5.41) is 10.3. The van der Waals surface area contributed by atoms with Gasteiger partial charge in [-0.2, -0.15) is 0 Å². The molecule has 0 saturated heterocycles. The molecule has 1 unspecified atom stereocenters. The minimum atomic E-state index is -0.470. The molecule has 19 heavy (non-hydrogen) atoms. The third kappa shape index (κ3) is 2.53. The standard InChI is InChI=1S/C16H15BrO2/c1-10-3-2-4-11(7-10)15-9-14(18)13-6-5-12(17)8-16(13)19-15/h2-8,14-15,18H,9H2,1H3/t14-,15?/m0/s1. The van der Waals surface area contributed by atoms with Gasteiger partial charge in [-0.05, 0) is 24.6 Å². The van der Waals surface area contributed by atoms with Crippen molar-refractivity contribution in [2.75, 3.05) is 0 Å². The second-order valence-electron chi connectivity index (χ2n) is 4.95. The largest absolute Gasteiger partial charge is 0.485 e. The number of benzene rings is 2. The lowest BCUT2D eigenvalue weighted by atomic mass is 9.94. The molecular formula is C16H15BrO2. The van der Waals surface area contributed by atoms with Crippen LogP contribution in [0.4, 0.5) is 0 Å². The Hall–Kier alpha value is -1.32. The molecule has 0 aromatic heterocycles. The van der Waals surface area contributed by atoms with E-state index in [0.29, 0.717) is 6.42 Å². The van der Waals surface area contributed by atoms with Crippen LogP contribution in [0.2, 0.25) is 0 Å². The predicted molar refractivity (Wildman–Crippen MR) is 78.3 cm³/mol. The zero-order valence-electron chi connectivity index (χ0n) is 10.6. The van der Waals surface area contributed by atoms with Crippen molar-refractivity contribution >= 4 is 15.9 Å². The first kappa shape index (κ1) is 12.7. The van der Waals surface area contributed by atoms with E-state index in [-0.39, 0.29) is 6.10 Å². The molecule has 2 aromatic carbocycles. The number of aryl methyl sites for hydroxylation is 1. The highest BCUT2D eigenvalue weighted by Gasteiger charge is 2.28. The Morgan fingerprint density at radius 1 is 1.21 bits per heavy atom. The fourth-order valence-electron chi connectivity index (χ4n) is 2.49. The topological polar surface area (TPSA) is 29.5 Å². The van der Waals surface area contributed by atoms with Crippen LogP contribution >= 0.6 is 15.9 Å². The Labute approximate surface area is 121 Å². The van der Waals surface area contributed by atoms with Gasteiger partial charge in [-0.1, -0.05) is 51.8 Å². The van der Waals surface area contributed by atoms with Gasteiger partial charge in [0.2, 0.25) is 0 Å². The van der Waals surface area contributed by atoms with E-state index < -0.39 is 6.10 Å². The minimum Gasteiger partial charge on any atom is -0.485 e. The van der Waals surface area contributed by atoms with Crippen molar-refractivity contribution in [2.24, 2.45) is 0 Å². The maximum absolute atomic E-state index is 10.3. The fourth-order valence-corrected chi connectivity index (χ4v) is 2.83. The van der Waals surface area contributed by atoms with Crippen molar-refractivity contribution in [3.8, 4) is 5.75 Å². The molecule has 0 aliphatic carbocycles. The van der Waals surface area contributed by atoms with Gasteiger partial charge in [-0.25, -0.2) is 0 Å². The SMILES string of the molecule is Cc1cccc(C2C[C@H](O)c3ccc(Br)cc3O2)c1. The molecule has 3 rings (SSSR count). The Balaban J connectivity index is 1.96. The summed E-state index contributed by atoms with van der Waals surface area (Å²) in [6.07, 6.45) is 0.0389. The van der Waals surface area contributed by atoms with E-state index in [0.717, 1.165) is 21.3 Å². The molecule has 0 amide bonds. The summed E-state index contributed by atoms with van der Waals surface area (Å²) < 4.78 is 7.00. The predicted octanol–water partition coefficient (Wildman–Crippen LogP) is 4.31. The van der Waals surface area contributed by atoms with Gasteiger partial charge in [0.1, 0.15) is 11.9 Å². The number of fused-ring (bicyclic) bond motifs is 1. The van der Waals surface area contributed by atoms with Crippen LogP contribution in [0, 0.1) is 6.92 Å². The smallest absolute Gasteiger partial charge is 0.127 e. The molecule has 2 atom stereocenters. The van der Waals surface area contributed by atoms with Gasteiger partial charge < -0.3 is 9.84 Å². The second kappa shape index (κ2) is 4.99. The Morgan fingerprint density at radius 2 is 2.05 bits per heavy atom. The Morgan fingerprint density at radius 3 is 2.84 bits per heavy atom. The Kier molecular flexibility index (Phi) is 3.33. The third-order valence-electron chi connectivity index (χ3n) is 3.46. The molecule has 0 radical (unpaired) electrons. The first-order valence-electron chi connectivity index (χ1n) is 6.34. The van der Waals surface area contributed by atoms with Crippen LogP contribution in [0.5, 0.6) is 5.75 Å². The molecule has 2 nitrogen and oxygen atoms in total. The van der Waals surface area contributed by atoms with Crippen LogP contribution < -0.4 is 4.74 Å². The molecule has 0 bridgehead atoms. The van der Waals surface area contributed by atoms with E-state index in [4.69, 9.17) is 4.74 Å². The number of aliphatic hydroxyl groups excluding tert-OH is 1. The van der Waals surface area contributed by atoms with Gasteiger partial charge in [0.15, 0.2) is 0 Å². The van der Waals surface area contributed by atoms with E-state index in [1.807, 2.05) is 30.3 Å². The lowest BCUT2D eigenvalue weighted by molar-refractivity contribution is 0.0656. The molecule has 3 heteroatoms. The van der Waals surface area contributed by atoms with E-state index in [1.54, 1.807) is 0 Å². The monoisotopic (exact) mass is 318 g/mol. The number of aliphatic hydroxyl groups is 1. The van der Waals surface area contributed by atoms with E-state index in [9.17, 15) is 5.11 Å². The Bertz CT molecular complexity index is 609. The van der Waals surface area contributed by atoms with Gasteiger partial charge in [-0.3, -0.25) is 0 Å². The van der Waals surface area contributed by atoms with Crippen LogP contribution in [0.25, 0.3) is 0 Å². The fraction of sp³-hybridized carbons (Fsp3) is 0.250. The molecule has 0 saturated carbocycles. The van der Waals surface area contributed by atoms with Crippen LogP contribution in [0.15, 0.2) is 46.9 Å². The third-order valence-corrected chi connectivity index (χ3v) is 3.95.